The third-order valence-corrected chi connectivity index (χ3v) is 26.0. The van der Waals surface area contributed by atoms with Crippen LogP contribution in [0.3, 0.4) is 0 Å². The van der Waals surface area contributed by atoms with Gasteiger partial charge in [-0.25, -0.2) is 15.0 Å². The Morgan fingerprint density at radius 2 is 0.600 bits per heavy atom. The first-order chi connectivity index (χ1) is 65.5. The van der Waals surface area contributed by atoms with Crippen LogP contribution in [0, 0.1) is 0 Å². The molecule has 1 N–H and O–H groups in total. The van der Waals surface area contributed by atoms with Crippen LogP contribution in [0.2, 0.25) is 10.1 Å². The Hall–Kier alpha value is -12.7. The molecule has 2 radical (unpaired) electrons. The molecule has 0 spiro atoms. The van der Waals surface area contributed by atoms with Crippen molar-refractivity contribution >= 4 is 164 Å². The van der Waals surface area contributed by atoms with E-state index in [1.807, 2.05) is 93.6 Å². The average molecular weight is 2080 g/mol. The van der Waals surface area contributed by atoms with Gasteiger partial charge < -0.3 is 47.7 Å². The Bertz CT molecular complexity index is 6260. The number of rotatable bonds is 43. The molecule has 7 aromatic heterocycles. The Morgan fingerprint density at radius 3 is 0.919 bits per heavy atom. The molecule has 0 saturated carbocycles. The van der Waals surface area contributed by atoms with Gasteiger partial charge >= 0.3 is 156 Å². The molecule has 0 amide bonds. The molecular weight excluding hydrogens is 1980 g/mol. The van der Waals surface area contributed by atoms with Gasteiger partial charge in [0.05, 0.1) is 83.2 Å². The Balaban J connectivity index is 0.000000180. The van der Waals surface area contributed by atoms with Crippen molar-refractivity contribution in [2.24, 2.45) is 0 Å². The monoisotopic (exact) mass is 2080 g/mol. The molecule has 0 aliphatic heterocycles. The first kappa shape index (κ1) is 104. The summed E-state index contributed by atoms with van der Waals surface area (Å²) in [6.07, 6.45) is 3.12. The van der Waals surface area contributed by atoms with Gasteiger partial charge in [0.1, 0.15) is 62.6 Å². The van der Waals surface area contributed by atoms with Crippen molar-refractivity contribution in [2.75, 3.05) is 89.9 Å². The van der Waals surface area contributed by atoms with Crippen LogP contribution in [0.5, 0.6) is 69.0 Å². The van der Waals surface area contributed by atoms with Crippen LogP contribution in [-0.2, 0) is 0 Å². The van der Waals surface area contributed by atoms with E-state index in [0.29, 0.717) is 144 Å². The van der Waals surface area contributed by atoms with Gasteiger partial charge in [-0.3, -0.25) is 28.8 Å². The van der Waals surface area contributed by atoms with Crippen LogP contribution in [-0.4, -0.2) is 195 Å². The summed E-state index contributed by atoms with van der Waals surface area (Å²) in [5.41, 5.74) is 5.38. The molecular formula is C101H101BrClN7O21S3Sn. The molecule has 7 heterocycles. The van der Waals surface area contributed by atoms with E-state index in [2.05, 4.69) is 53.9 Å². The molecule has 14 aromatic rings. The number of carbonyl (C=O) groups excluding carboxylic acids is 8. The zero-order valence-electron chi connectivity index (χ0n) is 76.5. The van der Waals surface area contributed by atoms with Crippen LogP contribution in [0.1, 0.15) is 175 Å². The summed E-state index contributed by atoms with van der Waals surface area (Å²) in [5, 5.41) is 12.5. The van der Waals surface area contributed by atoms with Gasteiger partial charge in [0.15, 0.2) is 80.1 Å². The zero-order chi connectivity index (χ0) is 96.9. The summed E-state index contributed by atoms with van der Waals surface area (Å²) in [4.78, 5) is 121. The number of aliphatic hydroxyl groups excluding tert-OH is 1. The number of carbonyl (C=O) groups is 8. The number of hydrogen-bond donors (Lipinski definition) is 1. The smallest absolute Gasteiger partial charge is 0.494 e. The van der Waals surface area contributed by atoms with Crippen LogP contribution >= 0.6 is 62.1 Å². The standard InChI is InChI=1S/C27H26N2O5S.C26H24N2O6S.C20H22BrNO5.C20H22NO5.C7H4ClNS.CH3.Sn/c1-4-15-34-22-13-9-17(16-24(22)33-3)20(30)11-12-21(31)19-10-14-23(32-2)27(28-19)26-18-7-5-6-8-25(18)35-29-26;1-32-22-12-8-18(27-26(22)25-17-5-3-4-6-24(17)35-28-25)20(31)10-9-19(30)16-7-11-21(34-14-13-29)23(15-16)33-2;1-4-11-27-17-9-5-13(12-19(17)26-3)15(23)7-8-16(24)14-6-10-18(25-2)20(21)22-14;1-4-11-26-19-10-5-14(12-20(19)25-3)17(22)8-9-18(23)16-7-6-15(24-2)13-21-16;8-7-5-3-1-2-4-6(5)10-9-7;;/h5-10,13-14,16H,4,11-12,15H2,1-3H3;3-8,11-12,15,29H,9-10,13-14H2,1-2H3;5-6,9-10,12H,4,7-8,11H2,1-3H3;5-7,10,12H,4,8-9,11H2,1-3H3;1-4H;1H3;. The number of aliphatic hydroxyl groups is 1. The van der Waals surface area contributed by atoms with Crippen LogP contribution in [0.4, 0.5) is 0 Å². The molecule has 0 aliphatic carbocycles. The third-order valence-electron chi connectivity index (χ3n) is 20.2. The van der Waals surface area contributed by atoms with Gasteiger partial charge in [-0.05, 0) is 179 Å². The molecule has 0 atom stereocenters. The number of aromatic nitrogens is 7. The second-order valence-corrected chi connectivity index (χ2v) is 35.5. The summed E-state index contributed by atoms with van der Waals surface area (Å²) >= 11 is 12.3. The van der Waals surface area contributed by atoms with Crippen LogP contribution in [0.25, 0.3) is 53.0 Å². The van der Waals surface area contributed by atoms with Gasteiger partial charge in [-0.1, -0.05) is 87.0 Å². The summed E-state index contributed by atoms with van der Waals surface area (Å²) in [6, 6.07) is 56.8. The van der Waals surface area contributed by atoms with Crippen LogP contribution in [0.15, 0.2) is 199 Å². The SMILES string of the molecule is CCCOc1ccc(C(=O)CCC(=O)c2ccc(OC)[c]([Sn][CH3])n2)cc1OC.CCCOc1ccc(C(=O)CCC(=O)c2ccc(OC)c(-c3nsc4ccccc34)n2)cc1OC.CCCOc1ccc(C(=O)CCC(=O)c2ccc(OC)c(Br)n2)cc1OC.COc1cc(C(=O)CCC(=O)c2ccc(OC)c(-c3nsc4ccccc34)n2)ccc1OCCO.Clc1nsc2ccccc12. The molecule has 14 rings (SSSR count). The minimum absolute atomic E-state index is 0.000491. The molecule has 34 heteroatoms. The number of ketones is 8. The number of nitrogens with zero attached hydrogens (tertiary/aromatic N) is 7. The van der Waals surface area contributed by atoms with E-state index >= 15 is 0 Å². The molecule has 28 nitrogen and oxygen atoms in total. The summed E-state index contributed by atoms with van der Waals surface area (Å²) < 4.78 is 82.4. The fourth-order valence-corrected chi connectivity index (χ4v) is 18.1. The van der Waals surface area contributed by atoms with E-state index in [4.69, 9.17) is 73.5 Å². The number of ether oxygens (including phenoxy) is 12. The van der Waals surface area contributed by atoms with Crippen molar-refractivity contribution in [3.05, 3.63) is 249 Å². The van der Waals surface area contributed by atoms with E-state index in [1.165, 1.54) is 70.1 Å². The second-order valence-electron chi connectivity index (χ2n) is 29.2. The average Bonchev–Trinajstić information content (AvgIpc) is 1.66. The number of methoxy groups -OCH3 is 8. The number of hydrogen-bond acceptors (Lipinski definition) is 31. The summed E-state index contributed by atoms with van der Waals surface area (Å²) in [6.45, 7) is 7.74. The van der Waals surface area contributed by atoms with Crippen molar-refractivity contribution in [1.29, 1.82) is 0 Å². The Labute approximate surface area is 817 Å². The number of Topliss-reactive ketones (excluding diaryl/α,β-unsaturated/α-hetero) is 8. The molecule has 0 aliphatic rings. The van der Waals surface area contributed by atoms with Crippen LogP contribution < -0.4 is 60.6 Å². The predicted octanol–water partition coefficient (Wildman–Crippen LogP) is 21.2. The van der Waals surface area contributed by atoms with Crippen molar-refractivity contribution in [3.63, 3.8) is 0 Å². The van der Waals surface area contributed by atoms with Gasteiger partial charge in [-0.15, -0.1) is 0 Å². The van der Waals surface area contributed by atoms with E-state index in [1.54, 1.807) is 143 Å². The fraction of sp³-hybridized carbons (Fsp3) is 0.277. The Morgan fingerprint density at radius 1 is 0.319 bits per heavy atom. The van der Waals surface area contributed by atoms with Gasteiger partial charge in [0.25, 0.3) is 0 Å². The van der Waals surface area contributed by atoms with E-state index < -0.39 is 21.1 Å². The minimum Gasteiger partial charge on any atom is -0.494 e. The maximum atomic E-state index is 12.9. The normalized spacial score (nSPS) is 10.6. The molecule has 7 aromatic carbocycles. The van der Waals surface area contributed by atoms with Gasteiger partial charge in [-0.2, -0.15) is 13.1 Å². The molecule has 0 bridgehead atoms. The molecule has 702 valence electrons. The van der Waals surface area contributed by atoms with Crippen molar-refractivity contribution < 1.29 is 100 Å². The van der Waals surface area contributed by atoms with Crippen molar-refractivity contribution in [1.82, 2.24) is 33.1 Å². The Kier molecular flexibility index (Phi) is 41.3. The van der Waals surface area contributed by atoms with E-state index in [9.17, 15) is 38.4 Å². The van der Waals surface area contributed by atoms with E-state index in [0.717, 1.165) is 59.0 Å². The zero-order valence-corrected chi connectivity index (χ0v) is 84.2. The topological polar surface area (TPSA) is 358 Å². The number of benzene rings is 7. The summed E-state index contributed by atoms with van der Waals surface area (Å²) in [7, 11) is 12.3. The predicted molar refractivity (Wildman–Crippen MR) is 527 cm³/mol. The minimum atomic E-state index is -0.849. The second kappa shape index (κ2) is 53.4. The van der Waals surface area contributed by atoms with Crippen molar-refractivity contribution in [3.8, 4) is 91.8 Å². The quantitative estimate of drug-likeness (QED) is 0.0211. The molecule has 0 fully saturated rings. The van der Waals surface area contributed by atoms with E-state index in [-0.39, 0.29) is 128 Å². The van der Waals surface area contributed by atoms with Gasteiger partial charge in [0, 0.05) is 71.4 Å². The molecule has 0 saturated heterocycles. The number of pyridine rings is 4. The third kappa shape index (κ3) is 28.7. The van der Waals surface area contributed by atoms with Crippen molar-refractivity contribution in [2.45, 2.75) is 96.3 Å². The first-order valence-corrected chi connectivity index (χ1v) is 50.6. The maximum absolute atomic E-state index is 12.9. The first-order valence-electron chi connectivity index (χ1n) is 42.8. The number of fused-ring (bicyclic) bond motifs is 3. The molecule has 0 unspecified atom stereocenters. The van der Waals surface area contributed by atoms with Gasteiger partial charge in [0.2, 0.25) is 0 Å². The number of halogens is 2. The fourth-order valence-electron chi connectivity index (χ4n) is 13.1. The summed E-state index contributed by atoms with van der Waals surface area (Å²) in [5.74, 6) is 5.00. The molecule has 135 heavy (non-hydrogen) atoms.